The normalized spacial score (nSPS) is 13.8. The van der Waals surface area contributed by atoms with Crippen LogP contribution in [0.1, 0.15) is 0 Å². The molecule has 0 aromatic rings. The zero-order chi connectivity index (χ0) is 7.44. The van der Waals surface area contributed by atoms with Crippen LogP contribution < -0.4 is 0 Å². The summed E-state index contributed by atoms with van der Waals surface area (Å²) in [6.45, 7) is -1.10. The van der Waals surface area contributed by atoms with Crippen LogP contribution >= 0.6 is 0 Å². The number of nitro groups is 1. The van der Waals surface area contributed by atoms with Gasteiger partial charge < -0.3 is 5.11 Å². The Morgan fingerprint density at radius 2 is 2.11 bits per heavy atom. The summed E-state index contributed by atoms with van der Waals surface area (Å²) < 4.78 is 22.5. The van der Waals surface area contributed by atoms with E-state index in [1.807, 2.05) is 0 Å². The van der Waals surface area contributed by atoms with Gasteiger partial charge in [0.15, 0.2) is 6.10 Å². The molecule has 4 nitrogen and oxygen atoms in total. The SMILES string of the molecule is O=[N+]([O-])CC(O)C(F)F. The first-order valence-corrected chi connectivity index (χ1v) is 2.12. The Morgan fingerprint density at radius 3 is 2.22 bits per heavy atom. The van der Waals surface area contributed by atoms with E-state index in [-0.39, 0.29) is 0 Å². The van der Waals surface area contributed by atoms with E-state index in [2.05, 4.69) is 0 Å². The molecule has 0 fully saturated rings. The van der Waals surface area contributed by atoms with Gasteiger partial charge in [0.25, 0.3) is 6.43 Å². The lowest BCUT2D eigenvalue weighted by atomic mass is 10.4. The Kier molecular flexibility index (Phi) is 3.00. The number of hydrogen-bond donors (Lipinski definition) is 1. The van der Waals surface area contributed by atoms with E-state index in [0.717, 1.165) is 0 Å². The van der Waals surface area contributed by atoms with E-state index in [4.69, 9.17) is 5.11 Å². The van der Waals surface area contributed by atoms with Crippen molar-refractivity contribution in [3.8, 4) is 0 Å². The molecular weight excluding hydrogens is 136 g/mol. The van der Waals surface area contributed by atoms with Gasteiger partial charge in [-0.3, -0.25) is 10.1 Å². The molecule has 0 rings (SSSR count). The van der Waals surface area contributed by atoms with Crippen molar-refractivity contribution in [2.75, 3.05) is 6.54 Å². The van der Waals surface area contributed by atoms with Crippen molar-refractivity contribution in [2.45, 2.75) is 12.5 Å². The molecule has 0 bridgehead atoms. The highest BCUT2D eigenvalue weighted by molar-refractivity contribution is 4.53. The quantitative estimate of drug-likeness (QED) is 0.440. The van der Waals surface area contributed by atoms with E-state index < -0.39 is 24.0 Å². The van der Waals surface area contributed by atoms with Crippen LogP contribution in [-0.4, -0.2) is 29.1 Å². The number of aliphatic hydroxyl groups is 1. The zero-order valence-electron chi connectivity index (χ0n) is 4.33. The molecule has 0 saturated carbocycles. The maximum Gasteiger partial charge on any atom is 0.270 e. The molecule has 1 N–H and O–H groups in total. The molecular formula is C3H5F2NO3. The van der Waals surface area contributed by atoms with Crippen LogP contribution in [0, 0.1) is 10.1 Å². The van der Waals surface area contributed by atoms with Crippen LogP contribution in [0.2, 0.25) is 0 Å². The van der Waals surface area contributed by atoms with Gasteiger partial charge in [-0.2, -0.15) is 0 Å². The second-order valence-corrected chi connectivity index (χ2v) is 1.42. The van der Waals surface area contributed by atoms with Crippen molar-refractivity contribution in [3.05, 3.63) is 10.1 Å². The van der Waals surface area contributed by atoms with Gasteiger partial charge in [0, 0.05) is 4.92 Å². The van der Waals surface area contributed by atoms with Gasteiger partial charge in [-0.1, -0.05) is 0 Å². The Hall–Kier alpha value is -0.780. The Bertz CT molecular complexity index is 107. The smallest absolute Gasteiger partial charge is 0.270 e. The van der Waals surface area contributed by atoms with E-state index in [1.54, 1.807) is 0 Å². The van der Waals surface area contributed by atoms with Crippen LogP contribution in [0.5, 0.6) is 0 Å². The second kappa shape index (κ2) is 3.29. The number of hydrogen-bond acceptors (Lipinski definition) is 3. The number of nitrogens with zero attached hydrogens (tertiary/aromatic N) is 1. The zero-order valence-corrected chi connectivity index (χ0v) is 4.33. The van der Waals surface area contributed by atoms with Gasteiger partial charge in [-0.15, -0.1) is 0 Å². The predicted octanol–water partition coefficient (Wildman–Crippen LogP) is -0.111. The summed E-state index contributed by atoms with van der Waals surface area (Å²) in [6.07, 6.45) is -5.17. The molecule has 0 aliphatic rings. The van der Waals surface area contributed by atoms with E-state index in [1.165, 1.54) is 0 Å². The van der Waals surface area contributed by atoms with Gasteiger partial charge in [-0.25, -0.2) is 8.78 Å². The Morgan fingerprint density at radius 1 is 1.67 bits per heavy atom. The largest absolute Gasteiger partial charge is 0.381 e. The molecule has 54 valence electrons. The third-order valence-corrected chi connectivity index (χ3v) is 0.627. The van der Waals surface area contributed by atoms with Gasteiger partial charge in [0.1, 0.15) is 0 Å². The minimum Gasteiger partial charge on any atom is -0.381 e. The second-order valence-electron chi connectivity index (χ2n) is 1.42. The van der Waals surface area contributed by atoms with E-state index >= 15 is 0 Å². The van der Waals surface area contributed by atoms with Crippen molar-refractivity contribution >= 4 is 0 Å². The minimum absolute atomic E-state index is 0.989. The first-order valence-electron chi connectivity index (χ1n) is 2.12. The summed E-state index contributed by atoms with van der Waals surface area (Å²) >= 11 is 0. The Balaban J connectivity index is 3.50. The highest BCUT2D eigenvalue weighted by atomic mass is 19.3. The van der Waals surface area contributed by atoms with E-state index in [9.17, 15) is 18.9 Å². The fourth-order valence-corrected chi connectivity index (χ4v) is 0.232. The molecule has 0 aliphatic heterocycles. The number of halogens is 2. The molecule has 0 radical (unpaired) electrons. The van der Waals surface area contributed by atoms with Crippen molar-refractivity contribution in [2.24, 2.45) is 0 Å². The summed E-state index contributed by atoms with van der Waals surface area (Å²) in [6, 6.07) is 0. The molecule has 1 atom stereocenters. The molecule has 0 saturated heterocycles. The van der Waals surface area contributed by atoms with Crippen LogP contribution in [0.3, 0.4) is 0 Å². The number of alkyl halides is 2. The van der Waals surface area contributed by atoms with Gasteiger partial charge in [0.05, 0.1) is 0 Å². The fraction of sp³-hybridized carbons (Fsp3) is 1.00. The predicted molar refractivity (Wildman–Crippen MR) is 23.9 cm³/mol. The summed E-state index contributed by atoms with van der Waals surface area (Å²) in [5.41, 5.74) is 0. The van der Waals surface area contributed by atoms with Crippen molar-refractivity contribution < 1.29 is 18.8 Å². The molecule has 0 aromatic heterocycles. The third kappa shape index (κ3) is 3.77. The molecule has 0 aromatic carbocycles. The highest BCUT2D eigenvalue weighted by Crippen LogP contribution is 1.99. The lowest BCUT2D eigenvalue weighted by molar-refractivity contribution is -0.493. The maximum absolute atomic E-state index is 11.2. The van der Waals surface area contributed by atoms with Gasteiger partial charge in [0.2, 0.25) is 6.54 Å². The van der Waals surface area contributed by atoms with Crippen molar-refractivity contribution in [3.63, 3.8) is 0 Å². The lowest BCUT2D eigenvalue weighted by Gasteiger charge is -2.01. The van der Waals surface area contributed by atoms with Crippen molar-refractivity contribution in [1.82, 2.24) is 0 Å². The summed E-state index contributed by atoms with van der Waals surface area (Å²) in [4.78, 5) is 8.44. The molecule has 0 spiro atoms. The summed E-state index contributed by atoms with van der Waals surface area (Å²) in [5, 5.41) is 17.5. The highest BCUT2D eigenvalue weighted by Gasteiger charge is 2.21. The number of rotatable bonds is 3. The maximum atomic E-state index is 11.2. The molecule has 0 aliphatic carbocycles. The topological polar surface area (TPSA) is 63.4 Å². The van der Waals surface area contributed by atoms with Crippen molar-refractivity contribution in [1.29, 1.82) is 0 Å². The fourth-order valence-electron chi connectivity index (χ4n) is 0.232. The first-order chi connectivity index (χ1) is 4.04. The molecule has 0 amide bonds. The monoisotopic (exact) mass is 141 g/mol. The average Bonchev–Trinajstić information content (AvgIpc) is 1.63. The lowest BCUT2D eigenvalue weighted by Crippen LogP contribution is -2.26. The number of aliphatic hydroxyl groups excluding tert-OH is 1. The summed E-state index contributed by atoms with van der Waals surface area (Å²) in [5.74, 6) is 0. The summed E-state index contributed by atoms with van der Waals surface area (Å²) in [7, 11) is 0. The van der Waals surface area contributed by atoms with Crippen LogP contribution in [-0.2, 0) is 0 Å². The van der Waals surface area contributed by atoms with Crippen LogP contribution in [0.15, 0.2) is 0 Å². The molecule has 9 heavy (non-hydrogen) atoms. The average molecular weight is 141 g/mol. The van der Waals surface area contributed by atoms with E-state index in [0.29, 0.717) is 0 Å². The first kappa shape index (κ1) is 8.22. The third-order valence-electron chi connectivity index (χ3n) is 0.627. The van der Waals surface area contributed by atoms with Gasteiger partial charge >= 0.3 is 0 Å². The van der Waals surface area contributed by atoms with Crippen LogP contribution in [0.4, 0.5) is 8.78 Å². The standard InChI is InChI=1S/C3H5F2NO3/c4-3(5)2(7)1-6(8)9/h2-3,7H,1H2. The van der Waals surface area contributed by atoms with Gasteiger partial charge in [-0.05, 0) is 0 Å². The Labute approximate surface area is 49.2 Å². The minimum atomic E-state index is -3.03. The molecule has 6 heteroatoms. The van der Waals surface area contributed by atoms with Crippen LogP contribution in [0.25, 0.3) is 0 Å². The molecule has 0 heterocycles. The molecule has 1 unspecified atom stereocenters.